The summed E-state index contributed by atoms with van der Waals surface area (Å²) in [6.07, 6.45) is -4.86. The second kappa shape index (κ2) is 7.05. The van der Waals surface area contributed by atoms with E-state index >= 15 is 0 Å². The lowest BCUT2D eigenvalue weighted by molar-refractivity contribution is -0.0885. The maximum atomic E-state index is 12.3. The Morgan fingerprint density at radius 3 is 2.00 bits per heavy atom. The van der Waals surface area contributed by atoms with Gasteiger partial charge in [0.05, 0.1) is 6.61 Å². The zero-order chi connectivity index (χ0) is 17.9. The van der Waals surface area contributed by atoms with Crippen LogP contribution in [0.2, 0.25) is 18.1 Å². The zero-order valence-corrected chi connectivity index (χ0v) is 15.1. The van der Waals surface area contributed by atoms with Gasteiger partial charge in [-0.3, -0.25) is 4.79 Å². The van der Waals surface area contributed by atoms with E-state index < -0.39 is 25.8 Å². The second-order valence-corrected chi connectivity index (χ2v) is 11.6. The van der Waals surface area contributed by atoms with Crippen molar-refractivity contribution >= 4 is 14.1 Å². The molecule has 130 valence electrons. The highest BCUT2D eigenvalue weighted by Gasteiger charge is 2.39. The number of rotatable bonds is 6. The average Bonchev–Trinajstić information content (AvgIpc) is 2.41. The van der Waals surface area contributed by atoms with Gasteiger partial charge in [-0.1, -0.05) is 20.8 Å². The Morgan fingerprint density at radius 1 is 1.04 bits per heavy atom. The Balaban J connectivity index is 2.50. The number of ether oxygens (including phenoxy) is 1. The highest BCUT2D eigenvalue weighted by Crippen LogP contribution is 2.36. The number of hydrogen-bond acceptors (Lipinski definition) is 3. The van der Waals surface area contributed by atoms with E-state index in [2.05, 4.69) is 33.9 Å². The van der Waals surface area contributed by atoms with Gasteiger partial charge in [-0.15, -0.1) is 0 Å². The lowest BCUT2D eigenvalue weighted by Crippen LogP contribution is -2.41. The number of alkyl halides is 3. The van der Waals surface area contributed by atoms with Crippen LogP contribution >= 0.6 is 0 Å². The Labute approximate surface area is 135 Å². The van der Waals surface area contributed by atoms with E-state index in [0.717, 1.165) is 12.1 Å². The van der Waals surface area contributed by atoms with Crippen molar-refractivity contribution < 1.29 is 27.1 Å². The Hall–Kier alpha value is -1.34. The summed E-state index contributed by atoms with van der Waals surface area (Å²) in [4.78, 5) is 11.1. The molecule has 0 aliphatic carbocycles. The SMILES string of the molecule is CC(C)(C)[Si](C)(C)OCCOc1ccc(C(=O)C(F)(F)F)cc1. The molecule has 0 bridgehead atoms. The van der Waals surface area contributed by atoms with Gasteiger partial charge in [-0.25, -0.2) is 0 Å². The number of benzene rings is 1. The van der Waals surface area contributed by atoms with Gasteiger partial charge in [-0.2, -0.15) is 13.2 Å². The molecule has 0 radical (unpaired) electrons. The van der Waals surface area contributed by atoms with Gasteiger partial charge in [-0.05, 0) is 42.4 Å². The smallest absolute Gasteiger partial charge is 0.454 e. The van der Waals surface area contributed by atoms with Gasteiger partial charge >= 0.3 is 6.18 Å². The molecule has 0 aliphatic rings. The number of Topliss-reactive ketones (excluding diaryl/α,β-unsaturated/α-hetero) is 1. The van der Waals surface area contributed by atoms with E-state index in [-0.39, 0.29) is 5.04 Å². The first-order valence-electron chi connectivity index (χ1n) is 7.33. The zero-order valence-electron chi connectivity index (χ0n) is 14.1. The van der Waals surface area contributed by atoms with Crippen LogP contribution in [-0.4, -0.2) is 33.5 Å². The first kappa shape index (κ1) is 19.7. The van der Waals surface area contributed by atoms with Gasteiger partial charge in [0.25, 0.3) is 5.78 Å². The predicted molar refractivity (Wildman–Crippen MR) is 85.5 cm³/mol. The number of ketones is 1. The summed E-state index contributed by atoms with van der Waals surface area (Å²) >= 11 is 0. The second-order valence-electron chi connectivity index (χ2n) is 6.81. The topological polar surface area (TPSA) is 35.5 Å². The van der Waals surface area contributed by atoms with Gasteiger partial charge < -0.3 is 9.16 Å². The van der Waals surface area contributed by atoms with E-state index in [0.29, 0.717) is 19.0 Å². The van der Waals surface area contributed by atoms with Gasteiger partial charge in [0, 0.05) is 5.56 Å². The molecule has 1 aromatic carbocycles. The summed E-state index contributed by atoms with van der Waals surface area (Å²) < 4.78 is 48.3. The average molecular weight is 348 g/mol. The van der Waals surface area contributed by atoms with E-state index in [1.807, 2.05) is 0 Å². The number of halogens is 3. The minimum absolute atomic E-state index is 0.104. The molecule has 1 rings (SSSR count). The number of carbonyl (C=O) groups is 1. The molecule has 0 atom stereocenters. The predicted octanol–water partition coefficient (Wildman–Crippen LogP) is 4.83. The minimum atomic E-state index is -4.86. The maximum absolute atomic E-state index is 12.3. The van der Waals surface area contributed by atoms with Crippen molar-refractivity contribution in [2.24, 2.45) is 0 Å². The summed E-state index contributed by atoms with van der Waals surface area (Å²) in [6, 6.07) is 4.93. The molecule has 0 saturated carbocycles. The Morgan fingerprint density at radius 2 is 1.57 bits per heavy atom. The third kappa shape index (κ3) is 5.66. The quantitative estimate of drug-likeness (QED) is 0.419. The van der Waals surface area contributed by atoms with E-state index in [4.69, 9.17) is 9.16 Å². The van der Waals surface area contributed by atoms with Crippen LogP contribution in [0.5, 0.6) is 5.75 Å². The van der Waals surface area contributed by atoms with Crippen LogP contribution in [0.3, 0.4) is 0 Å². The van der Waals surface area contributed by atoms with Crippen LogP contribution in [0.1, 0.15) is 31.1 Å². The van der Waals surface area contributed by atoms with E-state index in [1.165, 1.54) is 12.1 Å². The fraction of sp³-hybridized carbons (Fsp3) is 0.562. The van der Waals surface area contributed by atoms with Crippen LogP contribution in [0, 0.1) is 0 Å². The molecule has 0 unspecified atom stereocenters. The molecule has 1 aromatic rings. The largest absolute Gasteiger partial charge is 0.491 e. The Bertz CT molecular complexity index is 531. The lowest BCUT2D eigenvalue weighted by Gasteiger charge is -2.36. The highest BCUT2D eigenvalue weighted by molar-refractivity contribution is 6.74. The third-order valence-corrected chi connectivity index (χ3v) is 8.53. The monoisotopic (exact) mass is 348 g/mol. The maximum Gasteiger partial charge on any atom is 0.454 e. The van der Waals surface area contributed by atoms with Crippen molar-refractivity contribution in [3.05, 3.63) is 29.8 Å². The first-order valence-corrected chi connectivity index (χ1v) is 10.2. The molecule has 23 heavy (non-hydrogen) atoms. The van der Waals surface area contributed by atoms with Crippen molar-refractivity contribution in [2.45, 2.75) is 45.1 Å². The van der Waals surface area contributed by atoms with Crippen molar-refractivity contribution in [3.63, 3.8) is 0 Å². The summed E-state index contributed by atoms with van der Waals surface area (Å²) in [5, 5.41) is 0.104. The summed E-state index contributed by atoms with van der Waals surface area (Å²) in [7, 11) is -1.84. The van der Waals surface area contributed by atoms with Crippen LogP contribution in [0.15, 0.2) is 24.3 Å². The molecule has 0 amide bonds. The fourth-order valence-electron chi connectivity index (χ4n) is 1.54. The third-order valence-electron chi connectivity index (χ3n) is 4.00. The van der Waals surface area contributed by atoms with Crippen molar-refractivity contribution in [1.29, 1.82) is 0 Å². The van der Waals surface area contributed by atoms with Gasteiger partial charge in [0.2, 0.25) is 0 Å². The molecule has 3 nitrogen and oxygen atoms in total. The molecule has 0 aliphatic heterocycles. The van der Waals surface area contributed by atoms with E-state index in [1.54, 1.807) is 0 Å². The lowest BCUT2D eigenvalue weighted by atomic mass is 10.1. The summed E-state index contributed by atoms with van der Waals surface area (Å²) in [5.74, 6) is -1.45. The van der Waals surface area contributed by atoms with E-state index in [9.17, 15) is 18.0 Å². The standard InChI is InChI=1S/C16H23F3O3Si/c1-15(2,3)23(4,5)22-11-10-21-13-8-6-12(7-9-13)14(20)16(17,18)19/h6-9H,10-11H2,1-5H3. The molecule has 7 heteroatoms. The molecular formula is C16H23F3O3Si. The van der Waals surface area contributed by atoms with Crippen molar-refractivity contribution in [2.75, 3.05) is 13.2 Å². The first-order chi connectivity index (χ1) is 10.3. The fourth-order valence-corrected chi connectivity index (χ4v) is 2.57. The van der Waals surface area contributed by atoms with Gasteiger partial charge in [0.1, 0.15) is 12.4 Å². The molecule has 0 heterocycles. The molecule has 0 N–H and O–H groups in total. The summed E-state index contributed by atoms with van der Waals surface area (Å²) in [6.45, 7) is 11.4. The van der Waals surface area contributed by atoms with Crippen LogP contribution < -0.4 is 4.74 Å². The number of hydrogen-bond donors (Lipinski definition) is 0. The molecular weight excluding hydrogens is 325 g/mol. The minimum Gasteiger partial charge on any atom is -0.491 e. The highest BCUT2D eigenvalue weighted by atomic mass is 28.4. The van der Waals surface area contributed by atoms with Crippen LogP contribution in [-0.2, 0) is 4.43 Å². The van der Waals surface area contributed by atoms with Crippen LogP contribution in [0.25, 0.3) is 0 Å². The van der Waals surface area contributed by atoms with Gasteiger partial charge in [0.15, 0.2) is 8.32 Å². The Kier molecular flexibility index (Phi) is 6.04. The van der Waals surface area contributed by atoms with Crippen molar-refractivity contribution in [1.82, 2.24) is 0 Å². The summed E-state index contributed by atoms with van der Waals surface area (Å²) in [5.41, 5.74) is -0.401. The molecule has 0 spiro atoms. The van der Waals surface area contributed by atoms with Crippen molar-refractivity contribution in [3.8, 4) is 5.75 Å². The number of carbonyl (C=O) groups excluding carboxylic acids is 1. The molecule has 0 saturated heterocycles. The molecule has 0 fully saturated rings. The van der Waals surface area contributed by atoms with Crippen LogP contribution in [0.4, 0.5) is 13.2 Å². The normalized spacial score (nSPS) is 13.0. The molecule has 0 aromatic heterocycles.